The Morgan fingerprint density at radius 3 is 2.79 bits per heavy atom. The molecule has 0 saturated carbocycles. The lowest BCUT2D eigenvalue weighted by molar-refractivity contribution is -0.0397. The summed E-state index contributed by atoms with van der Waals surface area (Å²) in [7, 11) is -4.37. The molecule has 0 bridgehead atoms. The molecule has 0 radical (unpaired) electrons. The van der Waals surface area contributed by atoms with Crippen LogP contribution in [0.3, 0.4) is 0 Å². The Morgan fingerprint density at radius 2 is 2.29 bits per heavy atom. The summed E-state index contributed by atoms with van der Waals surface area (Å²) < 4.78 is 38.3. The fraction of sp³-hybridized carbons (Fsp3) is 1.00. The molecule has 14 heavy (non-hydrogen) atoms. The molecule has 1 fully saturated rings. The van der Waals surface area contributed by atoms with Crippen LogP contribution in [0.2, 0.25) is 0 Å². The van der Waals surface area contributed by atoms with Crippen molar-refractivity contribution in [3.63, 3.8) is 0 Å². The molecule has 0 spiro atoms. The first kappa shape index (κ1) is 11.9. The first-order chi connectivity index (χ1) is 6.38. The highest BCUT2D eigenvalue weighted by Gasteiger charge is 2.26. The maximum absolute atomic E-state index is 10.3. The quantitative estimate of drug-likeness (QED) is 0.632. The van der Waals surface area contributed by atoms with Gasteiger partial charge in [0, 0.05) is 6.04 Å². The minimum Gasteiger partial charge on any atom is -0.374 e. The van der Waals surface area contributed by atoms with Gasteiger partial charge in [-0.2, -0.15) is 8.42 Å². The average Bonchev–Trinajstić information content (AvgIpc) is 2.06. The predicted octanol–water partition coefficient (Wildman–Crippen LogP) is -0.442. The van der Waals surface area contributed by atoms with Crippen LogP contribution in [0, 0.1) is 5.92 Å². The van der Waals surface area contributed by atoms with Gasteiger partial charge in [0.1, 0.15) is 0 Å². The Labute approximate surface area is 83.3 Å². The molecule has 0 aromatic carbocycles. The van der Waals surface area contributed by atoms with Crippen LogP contribution >= 0.6 is 0 Å². The van der Waals surface area contributed by atoms with Crippen LogP contribution in [0.5, 0.6) is 0 Å². The van der Waals surface area contributed by atoms with Gasteiger partial charge in [-0.3, -0.25) is 4.55 Å². The zero-order valence-electron chi connectivity index (χ0n) is 7.92. The highest BCUT2D eigenvalue weighted by Crippen LogP contribution is 2.19. The summed E-state index contributed by atoms with van der Waals surface area (Å²) in [5, 5.41) is 0. The summed E-state index contributed by atoms with van der Waals surface area (Å²) in [6.45, 7) is 2.20. The van der Waals surface area contributed by atoms with E-state index in [2.05, 4.69) is 4.18 Å². The van der Waals surface area contributed by atoms with Crippen LogP contribution < -0.4 is 5.73 Å². The number of nitrogens with two attached hydrogens (primary N) is 1. The Kier molecular flexibility index (Phi) is 3.85. The van der Waals surface area contributed by atoms with E-state index in [4.69, 9.17) is 15.0 Å². The van der Waals surface area contributed by atoms with E-state index in [-0.39, 0.29) is 24.7 Å². The summed E-state index contributed by atoms with van der Waals surface area (Å²) in [5.41, 5.74) is 5.69. The van der Waals surface area contributed by atoms with E-state index in [0.29, 0.717) is 13.0 Å². The van der Waals surface area contributed by atoms with Gasteiger partial charge < -0.3 is 10.5 Å². The number of rotatable bonds is 3. The maximum Gasteiger partial charge on any atom is 0.397 e. The van der Waals surface area contributed by atoms with Crippen LogP contribution in [-0.2, 0) is 19.3 Å². The van der Waals surface area contributed by atoms with Crippen molar-refractivity contribution in [3.8, 4) is 0 Å². The van der Waals surface area contributed by atoms with Gasteiger partial charge in [-0.25, -0.2) is 4.18 Å². The molecular formula is C7H15NO5S. The van der Waals surface area contributed by atoms with Crippen LogP contribution in [0.4, 0.5) is 0 Å². The van der Waals surface area contributed by atoms with Crippen molar-refractivity contribution >= 4 is 10.4 Å². The lowest BCUT2D eigenvalue weighted by Crippen LogP contribution is -2.43. The van der Waals surface area contributed by atoms with E-state index >= 15 is 0 Å². The molecule has 3 atom stereocenters. The summed E-state index contributed by atoms with van der Waals surface area (Å²) in [6.07, 6.45) is 0.322. The molecule has 84 valence electrons. The van der Waals surface area contributed by atoms with Crippen molar-refractivity contribution < 1.29 is 21.9 Å². The van der Waals surface area contributed by atoms with E-state index < -0.39 is 10.4 Å². The molecule has 1 rings (SSSR count). The van der Waals surface area contributed by atoms with E-state index in [1.807, 2.05) is 6.92 Å². The highest BCUT2D eigenvalue weighted by atomic mass is 32.3. The molecule has 1 aliphatic rings. The molecular weight excluding hydrogens is 210 g/mol. The molecule has 1 saturated heterocycles. The number of ether oxygens (including phenoxy) is 1. The molecule has 0 amide bonds. The second kappa shape index (κ2) is 4.54. The third kappa shape index (κ3) is 3.89. The van der Waals surface area contributed by atoms with E-state index in [9.17, 15) is 8.42 Å². The SMILES string of the molecule is CC1CC(COS(=O)(=O)O)OCC1N. The zero-order valence-corrected chi connectivity index (χ0v) is 8.74. The summed E-state index contributed by atoms with van der Waals surface area (Å²) in [5.74, 6) is 0.263. The Hall–Kier alpha value is -0.210. The smallest absolute Gasteiger partial charge is 0.374 e. The summed E-state index contributed by atoms with van der Waals surface area (Å²) in [6, 6.07) is -0.0167. The normalized spacial score (nSPS) is 34.4. The Morgan fingerprint density at radius 1 is 1.64 bits per heavy atom. The van der Waals surface area contributed by atoms with Crippen molar-refractivity contribution in [2.75, 3.05) is 13.2 Å². The standard InChI is InChI=1S/C7H15NO5S/c1-5-2-6(12-4-7(5)8)3-13-14(9,10)11/h5-7H,2-4,8H2,1H3,(H,9,10,11). The van der Waals surface area contributed by atoms with Gasteiger partial charge in [-0.15, -0.1) is 0 Å². The van der Waals surface area contributed by atoms with Crippen LogP contribution in [0.1, 0.15) is 13.3 Å². The fourth-order valence-corrected chi connectivity index (χ4v) is 1.67. The third-order valence-electron chi connectivity index (χ3n) is 2.29. The van der Waals surface area contributed by atoms with Gasteiger partial charge in [-0.1, -0.05) is 6.92 Å². The highest BCUT2D eigenvalue weighted by molar-refractivity contribution is 7.80. The van der Waals surface area contributed by atoms with E-state index in [1.165, 1.54) is 0 Å². The monoisotopic (exact) mass is 225 g/mol. The first-order valence-electron chi connectivity index (χ1n) is 4.37. The van der Waals surface area contributed by atoms with Crippen LogP contribution in [-0.4, -0.2) is 38.3 Å². The van der Waals surface area contributed by atoms with E-state index in [1.54, 1.807) is 0 Å². The third-order valence-corrected chi connectivity index (χ3v) is 2.73. The number of hydrogen-bond donors (Lipinski definition) is 2. The molecule has 7 heteroatoms. The molecule has 6 nitrogen and oxygen atoms in total. The average molecular weight is 225 g/mol. The fourth-order valence-electron chi connectivity index (χ4n) is 1.35. The second-order valence-electron chi connectivity index (χ2n) is 3.54. The molecule has 0 aromatic heterocycles. The Bertz CT molecular complexity index is 278. The Balaban J connectivity index is 2.34. The summed E-state index contributed by atoms with van der Waals surface area (Å²) in [4.78, 5) is 0. The molecule has 1 aliphatic heterocycles. The molecule has 0 aliphatic carbocycles. The van der Waals surface area contributed by atoms with Crippen molar-refractivity contribution in [1.29, 1.82) is 0 Å². The second-order valence-corrected chi connectivity index (χ2v) is 4.64. The zero-order chi connectivity index (χ0) is 10.8. The largest absolute Gasteiger partial charge is 0.397 e. The molecule has 0 aromatic rings. The van der Waals surface area contributed by atoms with Crippen LogP contribution in [0.25, 0.3) is 0 Å². The molecule has 3 unspecified atom stereocenters. The maximum atomic E-state index is 10.3. The van der Waals surface area contributed by atoms with Gasteiger partial charge in [0.05, 0.1) is 19.3 Å². The lowest BCUT2D eigenvalue weighted by Gasteiger charge is -2.31. The van der Waals surface area contributed by atoms with Crippen molar-refractivity contribution in [1.82, 2.24) is 0 Å². The van der Waals surface area contributed by atoms with Gasteiger partial charge >= 0.3 is 10.4 Å². The lowest BCUT2D eigenvalue weighted by atomic mass is 9.94. The molecule has 1 heterocycles. The van der Waals surface area contributed by atoms with Crippen molar-refractivity contribution in [2.24, 2.45) is 11.7 Å². The van der Waals surface area contributed by atoms with Crippen molar-refractivity contribution in [2.45, 2.75) is 25.5 Å². The van der Waals surface area contributed by atoms with Gasteiger partial charge in [0.2, 0.25) is 0 Å². The topological polar surface area (TPSA) is 98.9 Å². The van der Waals surface area contributed by atoms with E-state index in [0.717, 1.165) is 0 Å². The van der Waals surface area contributed by atoms with Gasteiger partial charge in [-0.05, 0) is 12.3 Å². The van der Waals surface area contributed by atoms with Gasteiger partial charge in [0.25, 0.3) is 0 Å². The minimum absolute atomic E-state index is 0.0167. The summed E-state index contributed by atoms with van der Waals surface area (Å²) >= 11 is 0. The predicted molar refractivity (Wildman–Crippen MR) is 49.0 cm³/mol. The number of hydrogen-bond acceptors (Lipinski definition) is 5. The van der Waals surface area contributed by atoms with Gasteiger partial charge in [0.15, 0.2) is 0 Å². The first-order valence-corrected chi connectivity index (χ1v) is 5.74. The molecule has 3 N–H and O–H groups in total. The van der Waals surface area contributed by atoms with Crippen LogP contribution in [0.15, 0.2) is 0 Å². The minimum atomic E-state index is -4.37. The van der Waals surface area contributed by atoms with Crippen molar-refractivity contribution in [3.05, 3.63) is 0 Å².